The summed E-state index contributed by atoms with van der Waals surface area (Å²) < 4.78 is 67.0. The first-order valence-corrected chi connectivity index (χ1v) is 7.84. The highest BCUT2D eigenvalue weighted by Gasteiger charge is 2.31. The molecule has 128 valence electrons. The van der Waals surface area contributed by atoms with Gasteiger partial charge in [-0.05, 0) is 24.3 Å². The number of ether oxygens (including phenoxy) is 1. The van der Waals surface area contributed by atoms with Crippen molar-refractivity contribution in [3.8, 4) is 5.75 Å². The van der Waals surface area contributed by atoms with Crippen LogP contribution in [-0.4, -0.2) is 20.7 Å². The molecule has 2 aromatic rings. The highest BCUT2D eigenvalue weighted by Crippen LogP contribution is 2.26. The van der Waals surface area contributed by atoms with Gasteiger partial charge in [-0.25, -0.2) is 8.42 Å². The summed E-state index contributed by atoms with van der Waals surface area (Å²) in [6.45, 7) is 0. The lowest BCUT2D eigenvalue weighted by Crippen LogP contribution is -2.19. The first-order chi connectivity index (χ1) is 11.1. The summed E-state index contributed by atoms with van der Waals surface area (Å²) in [5.74, 6) is -1.55. The van der Waals surface area contributed by atoms with Gasteiger partial charge in [-0.15, -0.1) is 13.2 Å². The van der Waals surface area contributed by atoms with Crippen molar-refractivity contribution >= 4 is 21.6 Å². The molecule has 1 amide bonds. The molecule has 0 aliphatic carbocycles. The van der Waals surface area contributed by atoms with E-state index in [1.54, 1.807) is 0 Å². The largest absolute Gasteiger partial charge is 0.573 e. The molecule has 0 radical (unpaired) electrons. The molecule has 3 N–H and O–H groups in total. The first kappa shape index (κ1) is 17.6. The summed E-state index contributed by atoms with van der Waals surface area (Å²) in [4.78, 5) is 10.8. The molecule has 0 atom stereocenters. The number of halogens is 3. The van der Waals surface area contributed by atoms with E-state index in [9.17, 15) is 26.4 Å². The molecule has 0 unspecified atom stereocenters. The minimum absolute atomic E-state index is 0.0798. The molecule has 0 fully saturated rings. The van der Waals surface area contributed by atoms with E-state index in [1.807, 2.05) is 0 Å². The van der Waals surface area contributed by atoms with Crippen LogP contribution in [0, 0.1) is 0 Å². The molecule has 10 heteroatoms. The number of primary amides is 1. The maximum Gasteiger partial charge on any atom is 0.573 e. The van der Waals surface area contributed by atoms with Crippen LogP contribution < -0.4 is 15.2 Å². The number of hydrogen-bond donors (Lipinski definition) is 2. The second-order valence-electron chi connectivity index (χ2n) is 4.54. The van der Waals surface area contributed by atoms with E-state index >= 15 is 0 Å². The quantitative estimate of drug-likeness (QED) is 0.856. The van der Waals surface area contributed by atoms with Crippen molar-refractivity contribution in [3.63, 3.8) is 0 Å². The normalized spacial score (nSPS) is 11.8. The average Bonchev–Trinajstić information content (AvgIpc) is 2.45. The highest BCUT2D eigenvalue weighted by molar-refractivity contribution is 7.92. The average molecular weight is 360 g/mol. The molecule has 2 aromatic carbocycles. The number of rotatable bonds is 5. The number of carbonyl (C=O) groups is 1. The second kappa shape index (κ2) is 6.40. The van der Waals surface area contributed by atoms with Crippen LogP contribution in [-0.2, 0) is 10.0 Å². The van der Waals surface area contributed by atoms with E-state index in [-0.39, 0.29) is 11.3 Å². The van der Waals surface area contributed by atoms with Crippen LogP contribution in [0.1, 0.15) is 10.4 Å². The van der Waals surface area contributed by atoms with Gasteiger partial charge in [0.1, 0.15) is 5.75 Å². The molecule has 0 aliphatic heterocycles. The molecule has 0 aromatic heterocycles. The lowest BCUT2D eigenvalue weighted by Gasteiger charge is -2.13. The van der Waals surface area contributed by atoms with Crippen molar-refractivity contribution in [1.29, 1.82) is 0 Å². The van der Waals surface area contributed by atoms with Gasteiger partial charge in [0.2, 0.25) is 0 Å². The standard InChI is InChI=1S/C14H11F3N2O4S/c15-14(16,17)23-9-4-3-5-10(8-9)24(21,22)19-12-7-2-1-6-11(12)13(18)20/h1-8,19H,(H2,18,20). The van der Waals surface area contributed by atoms with Gasteiger partial charge in [0.15, 0.2) is 0 Å². The topological polar surface area (TPSA) is 98.5 Å². The summed E-state index contributed by atoms with van der Waals surface area (Å²) in [5, 5.41) is 0. The maximum absolute atomic E-state index is 12.3. The number of para-hydroxylation sites is 1. The monoisotopic (exact) mass is 360 g/mol. The smallest absolute Gasteiger partial charge is 0.406 e. The van der Waals surface area contributed by atoms with E-state index in [4.69, 9.17) is 5.73 Å². The zero-order valence-corrected chi connectivity index (χ0v) is 12.7. The van der Waals surface area contributed by atoms with Crippen LogP contribution in [0.4, 0.5) is 18.9 Å². The van der Waals surface area contributed by atoms with E-state index in [1.165, 1.54) is 24.3 Å². The zero-order valence-electron chi connectivity index (χ0n) is 11.9. The van der Waals surface area contributed by atoms with Crippen LogP contribution in [0.2, 0.25) is 0 Å². The predicted molar refractivity (Wildman–Crippen MR) is 78.9 cm³/mol. The second-order valence-corrected chi connectivity index (χ2v) is 6.22. The highest BCUT2D eigenvalue weighted by atomic mass is 32.2. The summed E-state index contributed by atoms with van der Waals surface area (Å²) in [6.07, 6.45) is -4.95. The van der Waals surface area contributed by atoms with Gasteiger partial charge >= 0.3 is 6.36 Å². The maximum atomic E-state index is 12.3. The lowest BCUT2D eigenvalue weighted by molar-refractivity contribution is -0.274. The number of alkyl halides is 3. The Morgan fingerprint density at radius 1 is 1.08 bits per heavy atom. The molecule has 6 nitrogen and oxygen atoms in total. The number of nitrogens with two attached hydrogens (primary N) is 1. The zero-order chi connectivity index (χ0) is 18.0. The Bertz CT molecular complexity index is 866. The molecule has 0 aliphatic rings. The van der Waals surface area contributed by atoms with Crippen LogP contribution in [0.25, 0.3) is 0 Å². The van der Waals surface area contributed by atoms with Gasteiger partial charge in [0.05, 0.1) is 16.1 Å². The fraction of sp³-hybridized carbons (Fsp3) is 0.0714. The molecular weight excluding hydrogens is 349 g/mol. The Balaban J connectivity index is 2.35. The molecule has 0 bridgehead atoms. The third-order valence-corrected chi connectivity index (χ3v) is 4.15. The first-order valence-electron chi connectivity index (χ1n) is 6.36. The molecular formula is C14H11F3N2O4S. The molecule has 0 saturated heterocycles. The van der Waals surface area contributed by atoms with Gasteiger partial charge in [-0.1, -0.05) is 18.2 Å². The number of anilines is 1. The van der Waals surface area contributed by atoms with Gasteiger partial charge in [-0.3, -0.25) is 9.52 Å². The minimum atomic E-state index is -4.95. The molecule has 0 saturated carbocycles. The number of carbonyl (C=O) groups excluding carboxylic acids is 1. The lowest BCUT2D eigenvalue weighted by atomic mass is 10.2. The van der Waals surface area contributed by atoms with Crippen LogP contribution in [0.5, 0.6) is 5.75 Å². The third-order valence-electron chi connectivity index (χ3n) is 2.79. The van der Waals surface area contributed by atoms with Crippen LogP contribution in [0.3, 0.4) is 0 Å². The molecule has 2 rings (SSSR count). The third kappa shape index (κ3) is 4.38. The predicted octanol–water partition coefficient (Wildman–Crippen LogP) is 2.48. The van der Waals surface area contributed by atoms with Crippen molar-refractivity contribution in [2.45, 2.75) is 11.3 Å². The van der Waals surface area contributed by atoms with Gasteiger partial charge < -0.3 is 10.5 Å². The minimum Gasteiger partial charge on any atom is -0.406 e. The Morgan fingerprint density at radius 2 is 1.75 bits per heavy atom. The molecule has 0 heterocycles. The van der Waals surface area contributed by atoms with Crippen molar-refractivity contribution in [2.24, 2.45) is 5.73 Å². The molecule has 0 spiro atoms. The summed E-state index contributed by atoms with van der Waals surface area (Å²) >= 11 is 0. The summed E-state index contributed by atoms with van der Waals surface area (Å²) in [6, 6.07) is 9.40. The van der Waals surface area contributed by atoms with E-state index in [0.717, 1.165) is 18.2 Å². The SMILES string of the molecule is NC(=O)c1ccccc1NS(=O)(=O)c1cccc(OC(F)(F)F)c1. The fourth-order valence-corrected chi connectivity index (χ4v) is 2.94. The summed E-state index contributed by atoms with van der Waals surface area (Å²) in [7, 11) is -4.25. The van der Waals surface area contributed by atoms with Gasteiger partial charge in [-0.2, -0.15) is 0 Å². The number of hydrogen-bond acceptors (Lipinski definition) is 4. The van der Waals surface area contributed by atoms with Gasteiger partial charge in [0.25, 0.3) is 15.9 Å². The van der Waals surface area contributed by atoms with Crippen LogP contribution in [0.15, 0.2) is 53.4 Å². The molecule has 24 heavy (non-hydrogen) atoms. The summed E-state index contributed by atoms with van der Waals surface area (Å²) in [5.41, 5.74) is 4.98. The van der Waals surface area contributed by atoms with E-state index in [0.29, 0.717) is 6.07 Å². The number of benzene rings is 2. The Kier molecular flexibility index (Phi) is 4.69. The van der Waals surface area contributed by atoms with E-state index in [2.05, 4.69) is 9.46 Å². The number of sulfonamides is 1. The van der Waals surface area contributed by atoms with Crippen molar-refractivity contribution in [2.75, 3.05) is 4.72 Å². The van der Waals surface area contributed by atoms with Gasteiger partial charge in [0, 0.05) is 6.07 Å². The number of nitrogens with one attached hydrogen (secondary N) is 1. The Morgan fingerprint density at radius 3 is 2.38 bits per heavy atom. The Labute approximate surface area is 135 Å². The van der Waals surface area contributed by atoms with Crippen LogP contribution >= 0.6 is 0 Å². The fourth-order valence-electron chi connectivity index (χ4n) is 1.83. The van der Waals surface area contributed by atoms with E-state index < -0.39 is 32.9 Å². The van der Waals surface area contributed by atoms with Crippen molar-refractivity contribution in [3.05, 3.63) is 54.1 Å². The van der Waals surface area contributed by atoms with Crippen molar-refractivity contribution in [1.82, 2.24) is 0 Å². The Hall–Kier alpha value is -2.75. The van der Waals surface area contributed by atoms with Crippen molar-refractivity contribution < 1.29 is 31.1 Å². The number of amides is 1.